The van der Waals surface area contributed by atoms with E-state index in [9.17, 15) is 0 Å². The smallest absolute Gasteiger partial charge is 0.399 e. The Balaban J connectivity index is -0.0000000910. The number of rotatable bonds is 1. The molecule has 0 aliphatic carbocycles. The summed E-state index contributed by atoms with van der Waals surface area (Å²) in [7, 11) is -4.64. The van der Waals surface area contributed by atoms with E-state index in [1.807, 2.05) is 0 Å². The minimum Gasteiger partial charge on any atom is -0.399 e. The quantitative estimate of drug-likeness (QED) is 0.189. The molecule has 0 aromatic carbocycles. The first-order chi connectivity index (χ1) is 3.91. The van der Waals surface area contributed by atoms with Crippen LogP contribution in [0.5, 0.6) is 0 Å². The molecule has 0 aliphatic rings. The summed E-state index contributed by atoms with van der Waals surface area (Å²) in [5, 5.41) is 7.81. The van der Waals surface area contributed by atoms with Crippen LogP contribution in [0.4, 0.5) is 0 Å². The van der Waals surface area contributed by atoms with Crippen LogP contribution in [0.3, 0.4) is 0 Å². The second-order valence-electron chi connectivity index (χ2n) is 1.09. The molecule has 0 amide bonds. The number of phosphoric acid groups is 1. The molecular weight excluding hydrogens is 170 g/mol. The molecule has 0 aromatic heterocycles. The first-order valence-corrected chi connectivity index (χ1v) is 3.66. The van der Waals surface area contributed by atoms with Crippen molar-refractivity contribution >= 4 is 7.82 Å². The van der Waals surface area contributed by atoms with Gasteiger partial charge in [-0.15, -0.1) is 0 Å². The van der Waals surface area contributed by atoms with Crippen molar-refractivity contribution in [2.45, 2.75) is 6.42 Å². The van der Waals surface area contributed by atoms with Gasteiger partial charge >= 0.3 is 37.4 Å². The van der Waals surface area contributed by atoms with E-state index in [-0.39, 0.29) is 36.2 Å². The van der Waals surface area contributed by atoms with E-state index in [1.165, 1.54) is 0 Å². The van der Waals surface area contributed by atoms with Gasteiger partial charge in [0.2, 0.25) is 0 Å². The van der Waals surface area contributed by atoms with Gasteiger partial charge in [0.15, 0.2) is 0 Å². The van der Waals surface area contributed by atoms with Gasteiger partial charge in [0, 0.05) is 6.61 Å². The van der Waals surface area contributed by atoms with Crippen LogP contribution in [0.1, 0.15) is 6.42 Å². The maximum Gasteiger partial charge on any atom is 1.00 e. The Morgan fingerprint density at radius 2 is 1.40 bits per heavy atom. The standard InChI is InChI=1S/C3H7O.Na.H3O4P/c1-2-3-4;;1-5(2,3)4/h4H,1-3H2;;(H3,1,2,3,4)/q-1;+1;. The molecule has 5 nitrogen and oxygen atoms in total. The maximum absolute atomic E-state index is 8.88. The summed E-state index contributed by atoms with van der Waals surface area (Å²) in [5.41, 5.74) is 0. The normalized spacial score (nSPS) is 8.90. The van der Waals surface area contributed by atoms with Crippen molar-refractivity contribution in [1.29, 1.82) is 0 Å². The van der Waals surface area contributed by atoms with E-state index in [4.69, 9.17) is 24.4 Å². The van der Waals surface area contributed by atoms with Crippen LogP contribution in [0, 0.1) is 6.92 Å². The van der Waals surface area contributed by atoms with Gasteiger partial charge in [-0.1, -0.05) is 0 Å². The van der Waals surface area contributed by atoms with Crippen LogP contribution in [-0.4, -0.2) is 26.4 Å². The van der Waals surface area contributed by atoms with E-state index in [2.05, 4.69) is 6.92 Å². The topological polar surface area (TPSA) is 98.0 Å². The van der Waals surface area contributed by atoms with E-state index in [0.717, 1.165) is 0 Å². The summed E-state index contributed by atoms with van der Waals surface area (Å²) in [6.45, 7) is 3.56. The Labute approximate surface area is 81.6 Å². The van der Waals surface area contributed by atoms with Gasteiger partial charge in [0.25, 0.3) is 0 Å². The summed E-state index contributed by atoms with van der Waals surface area (Å²) in [6.07, 6.45) is 0.625. The van der Waals surface area contributed by atoms with Gasteiger partial charge in [-0.25, -0.2) is 4.57 Å². The molecule has 0 saturated carbocycles. The van der Waals surface area contributed by atoms with Crippen molar-refractivity contribution in [2.75, 3.05) is 6.61 Å². The van der Waals surface area contributed by atoms with Crippen molar-refractivity contribution in [2.24, 2.45) is 0 Å². The average molecular weight is 180 g/mol. The third kappa shape index (κ3) is 138. The Bertz CT molecular complexity index is 80.6. The van der Waals surface area contributed by atoms with Crippen LogP contribution in [0.25, 0.3) is 0 Å². The number of aliphatic hydroxyl groups excluding tert-OH is 1. The molecule has 0 saturated heterocycles. The van der Waals surface area contributed by atoms with Gasteiger partial charge in [-0.2, -0.15) is 6.42 Å². The maximum atomic E-state index is 8.88. The molecule has 0 aromatic rings. The zero-order valence-electron chi connectivity index (χ0n) is 5.77. The first kappa shape index (κ1) is 17.2. The third-order valence-corrected chi connectivity index (χ3v) is 0.158. The van der Waals surface area contributed by atoms with Crippen molar-refractivity contribution < 1.29 is 53.9 Å². The van der Waals surface area contributed by atoms with Crippen LogP contribution in [-0.2, 0) is 4.57 Å². The molecule has 58 valence electrons. The fraction of sp³-hybridized carbons (Fsp3) is 0.667. The molecule has 0 spiro atoms. The van der Waals surface area contributed by atoms with Gasteiger partial charge in [-0.05, 0) is 0 Å². The average Bonchev–Trinajstić information content (AvgIpc) is 1.61. The Morgan fingerprint density at radius 1 is 1.30 bits per heavy atom. The SMILES string of the molecule is O=P(O)(O)O.[CH2-]CCO.[Na+]. The van der Waals surface area contributed by atoms with Crippen molar-refractivity contribution in [1.82, 2.24) is 0 Å². The zero-order chi connectivity index (χ0) is 7.91. The van der Waals surface area contributed by atoms with Crippen LogP contribution < -0.4 is 29.6 Å². The molecule has 0 rings (SSSR count). The predicted octanol–water partition coefficient (Wildman–Crippen LogP) is -3.72. The van der Waals surface area contributed by atoms with Gasteiger partial charge in [0.05, 0.1) is 0 Å². The van der Waals surface area contributed by atoms with Crippen molar-refractivity contribution in [3.63, 3.8) is 0 Å². The van der Waals surface area contributed by atoms with Crippen LogP contribution >= 0.6 is 7.82 Å². The minimum absolute atomic E-state index is 0. The van der Waals surface area contributed by atoms with E-state index >= 15 is 0 Å². The summed E-state index contributed by atoms with van der Waals surface area (Å²) in [4.78, 5) is 21.6. The largest absolute Gasteiger partial charge is 1.00 e. The summed E-state index contributed by atoms with van der Waals surface area (Å²) >= 11 is 0. The summed E-state index contributed by atoms with van der Waals surface area (Å²) in [5.74, 6) is 0. The summed E-state index contributed by atoms with van der Waals surface area (Å²) < 4.78 is 8.88. The fourth-order valence-electron chi connectivity index (χ4n) is 0. The van der Waals surface area contributed by atoms with Gasteiger partial charge < -0.3 is 26.7 Å². The van der Waals surface area contributed by atoms with E-state index < -0.39 is 7.82 Å². The fourth-order valence-corrected chi connectivity index (χ4v) is 0. The second-order valence-corrected chi connectivity index (χ2v) is 2.12. The minimum atomic E-state index is -4.64. The zero-order valence-corrected chi connectivity index (χ0v) is 8.66. The molecule has 7 heteroatoms. The Hall–Kier alpha value is 1.07. The van der Waals surface area contributed by atoms with Crippen LogP contribution in [0.15, 0.2) is 0 Å². The van der Waals surface area contributed by atoms with E-state index in [0.29, 0.717) is 6.42 Å². The molecule has 0 bridgehead atoms. The predicted molar refractivity (Wildman–Crippen MR) is 31.3 cm³/mol. The van der Waals surface area contributed by atoms with Crippen LogP contribution in [0.2, 0.25) is 0 Å². The molecular formula is C3H10NaO5P. The van der Waals surface area contributed by atoms with Gasteiger partial charge in [0.1, 0.15) is 0 Å². The summed E-state index contributed by atoms with van der Waals surface area (Å²) in [6, 6.07) is 0. The molecule has 0 unspecified atom stereocenters. The molecule has 10 heavy (non-hydrogen) atoms. The molecule has 0 heterocycles. The van der Waals surface area contributed by atoms with Gasteiger partial charge in [-0.3, -0.25) is 0 Å². The Kier molecular flexibility index (Phi) is 17.4. The van der Waals surface area contributed by atoms with Crippen molar-refractivity contribution in [3.8, 4) is 0 Å². The number of hydrogen-bond donors (Lipinski definition) is 4. The monoisotopic (exact) mass is 180 g/mol. The number of aliphatic hydroxyl groups is 1. The first-order valence-electron chi connectivity index (χ1n) is 2.10. The molecule has 0 atom stereocenters. The van der Waals surface area contributed by atoms with Crippen molar-refractivity contribution in [3.05, 3.63) is 6.92 Å². The second kappa shape index (κ2) is 10.1. The Morgan fingerprint density at radius 3 is 1.40 bits per heavy atom. The molecule has 0 radical (unpaired) electrons. The molecule has 0 fully saturated rings. The van der Waals surface area contributed by atoms with E-state index in [1.54, 1.807) is 0 Å². The third-order valence-electron chi connectivity index (χ3n) is 0.158. The molecule has 0 aliphatic heterocycles. The molecule has 4 N–H and O–H groups in total. The number of hydrogen-bond acceptors (Lipinski definition) is 2.